The molecule has 1 fully saturated rings. The van der Waals surface area contributed by atoms with Gasteiger partial charge in [0.1, 0.15) is 5.60 Å². The summed E-state index contributed by atoms with van der Waals surface area (Å²) in [6.07, 6.45) is 6.78. The van der Waals surface area contributed by atoms with Gasteiger partial charge in [0.15, 0.2) is 0 Å². The van der Waals surface area contributed by atoms with Crippen molar-refractivity contribution >= 4 is 6.09 Å². The van der Waals surface area contributed by atoms with Gasteiger partial charge in [0.2, 0.25) is 0 Å². The van der Waals surface area contributed by atoms with Crippen LogP contribution >= 0.6 is 0 Å². The van der Waals surface area contributed by atoms with E-state index in [4.69, 9.17) is 11.2 Å². The molecule has 0 N–H and O–H groups in total. The number of rotatable bonds is 2. The van der Waals surface area contributed by atoms with E-state index in [1.807, 2.05) is 20.8 Å². The summed E-state index contributed by atoms with van der Waals surface area (Å²) < 4.78 is 5.24. The molecule has 0 aliphatic carbocycles. The van der Waals surface area contributed by atoms with Crippen LogP contribution in [0.3, 0.4) is 0 Å². The van der Waals surface area contributed by atoms with Crippen molar-refractivity contribution in [3.05, 3.63) is 0 Å². The summed E-state index contributed by atoms with van der Waals surface area (Å²) in [6, 6.07) is 0. The SMILES string of the molecule is C#CCCC1CN(C(=O)OC(C)(C)C)C1. The number of likely N-dealkylation sites (tertiary alicyclic amines) is 1. The van der Waals surface area contributed by atoms with Crippen LogP contribution < -0.4 is 0 Å². The van der Waals surface area contributed by atoms with Crippen LogP contribution in [0.2, 0.25) is 0 Å². The van der Waals surface area contributed by atoms with Crippen LogP contribution in [0.5, 0.6) is 0 Å². The Morgan fingerprint density at radius 2 is 2.13 bits per heavy atom. The molecule has 1 aliphatic rings. The van der Waals surface area contributed by atoms with Gasteiger partial charge in [0.25, 0.3) is 0 Å². The van der Waals surface area contributed by atoms with Gasteiger partial charge in [-0.15, -0.1) is 12.3 Å². The monoisotopic (exact) mass is 209 g/mol. The van der Waals surface area contributed by atoms with Crippen molar-refractivity contribution < 1.29 is 9.53 Å². The van der Waals surface area contributed by atoms with Crippen LogP contribution in [0.4, 0.5) is 4.79 Å². The fraction of sp³-hybridized carbons (Fsp3) is 0.750. The average Bonchev–Trinajstić information content (AvgIpc) is 1.98. The van der Waals surface area contributed by atoms with Gasteiger partial charge in [-0.2, -0.15) is 0 Å². The Hall–Kier alpha value is -1.17. The van der Waals surface area contributed by atoms with Gasteiger partial charge in [0.05, 0.1) is 0 Å². The Labute approximate surface area is 91.8 Å². The molecule has 84 valence electrons. The van der Waals surface area contributed by atoms with Crippen molar-refractivity contribution in [3.63, 3.8) is 0 Å². The zero-order valence-corrected chi connectivity index (χ0v) is 9.75. The molecule has 0 atom stereocenters. The lowest BCUT2D eigenvalue weighted by Crippen LogP contribution is -2.51. The number of terminal acetylenes is 1. The molecule has 0 aromatic rings. The number of nitrogens with zero attached hydrogens (tertiary/aromatic N) is 1. The summed E-state index contributed by atoms with van der Waals surface area (Å²) in [4.78, 5) is 13.3. The molecule has 15 heavy (non-hydrogen) atoms. The minimum atomic E-state index is -0.402. The Balaban J connectivity index is 2.21. The molecule has 0 aromatic heterocycles. The van der Waals surface area contributed by atoms with E-state index in [1.165, 1.54) is 0 Å². The lowest BCUT2D eigenvalue weighted by Gasteiger charge is -2.39. The predicted octanol–water partition coefficient (Wildman–Crippen LogP) is 2.27. The normalized spacial score (nSPS) is 16.8. The lowest BCUT2D eigenvalue weighted by molar-refractivity contribution is -0.00186. The highest BCUT2D eigenvalue weighted by molar-refractivity contribution is 5.69. The third-order valence-electron chi connectivity index (χ3n) is 2.31. The number of amides is 1. The van der Waals surface area contributed by atoms with E-state index in [1.54, 1.807) is 4.90 Å². The van der Waals surface area contributed by atoms with Gasteiger partial charge in [0, 0.05) is 19.5 Å². The lowest BCUT2D eigenvalue weighted by atomic mass is 9.95. The van der Waals surface area contributed by atoms with Crippen LogP contribution in [-0.4, -0.2) is 29.7 Å². The van der Waals surface area contributed by atoms with Crippen LogP contribution in [0, 0.1) is 18.3 Å². The molecule has 0 unspecified atom stereocenters. The molecule has 1 heterocycles. The molecule has 0 spiro atoms. The summed E-state index contributed by atoms with van der Waals surface area (Å²) >= 11 is 0. The van der Waals surface area contributed by atoms with Gasteiger partial charge in [-0.3, -0.25) is 0 Å². The van der Waals surface area contributed by atoms with Crippen LogP contribution in [0.1, 0.15) is 33.6 Å². The largest absolute Gasteiger partial charge is 0.444 e. The zero-order chi connectivity index (χ0) is 11.5. The molecule has 1 rings (SSSR count). The molecule has 1 amide bonds. The first kappa shape index (κ1) is 11.9. The topological polar surface area (TPSA) is 29.5 Å². The Bertz CT molecular complexity index is 266. The van der Waals surface area contributed by atoms with Crippen molar-refractivity contribution in [2.45, 2.75) is 39.2 Å². The summed E-state index contributed by atoms with van der Waals surface area (Å²) in [5.74, 6) is 3.18. The van der Waals surface area contributed by atoms with Gasteiger partial charge in [-0.25, -0.2) is 4.79 Å². The standard InChI is InChI=1S/C12H19NO2/c1-5-6-7-10-8-13(9-10)11(14)15-12(2,3)4/h1,10H,6-9H2,2-4H3. The van der Waals surface area contributed by atoms with Crippen molar-refractivity contribution in [2.75, 3.05) is 13.1 Å². The van der Waals surface area contributed by atoms with Crippen LogP contribution in [-0.2, 0) is 4.74 Å². The Morgan fingerprint density at radius 1 is 1.53 bits per heavy atom. The average molecular weight is 209 g/mol. The quantitative estimate of drug-likeness (QED) is 0.653. The maximum atomic E-state index is 11.5. The number of hydrogen-bond acceptors (Lipinski definition) is 2. The smallest absolute Gasteiger partial charge is 0.410 e. The van der Waals surface area contributed by atoms with Gasteiger partial charge >= 0.3 is 6.09 Å². The Kier molecular flexibility index (Phi) is 3.62. The van der Waals surface area contributed by atoms with E-state index in [0.29, 0.717) is 5.92 Å². The summed E-state index contributed by atoms with van der Waals surface area (Å²) in [6.45, 7) is 7.20. The molecule has 3 nitrogen and oxygen atoms in total. The molecule has 3 heteroatoms. The molecule has 0 aromatic carbocycles. The maximum Gasteiger partial charge on any atom is 0.410 e. The molecule has 0 radical (unpaired) electrons. The van der Waals surface area contributed by atoms with E-state index in [0.717, 1.165) is 25.9 Å². The first-order chi connectivity index (χ1) is 6.92. The predicted molar refractivity (Wildman–Crippen MR) is 59.4 cm³/mol. The second kappa shape index (κ2) is 4.57. The highest BCUT2D eigenvalue weighted by atomic mass is 16.6. The maximum absolute atomic E-state index is 11.5. The second-order valence-corrected chi connectivity index (χ2v) is 4.99. The van der Waals surface area contributed by atoms with E-state index >= 15 is 0 Å². The Morgan fingerprint density at radius 3 is 2.60 bits per heavy atom. The third kappa shape index (κ3) is 3.83. The van der Waals surface area contributed by atoms with E-state index in [2.05, 4.69) is 5.92 Å². The molecule has 1 aliphatic heterocycles. The molecule has 0 bridgehead atoms. The fourth-order valence-electron chi connectivity index (χ4n) is 1.52. The first-order valence-electron chi connectivity index (χ1n) is 5.34. The number of hydrogen-bond donors (Lipinski definition) is 0. The molecular weight excluding hydrogens is 190 g/mol. The highest BCUT2D eigenvalue weighted by Crippen LogP contribution is 2.22. The number of ether oxygens (including phenoxy) is 1. The fourth-order valence-corrected chi connectivity index (χ4v) is 1.52. The van der Waals surface area contributed by atoms with Crippen molar-refractivity contribution in [1.29, 1.82) is 0 Å². The first-order valence-corrected chi connectivity index (χ1v) is 5.34. The van der Waals surface area contributed by atoms with Crippen molar-refractivity contribution in [3.8, 4) is 12.3 Å². The number of carbonyl (C=O) groups is 1. The van der Waals surface area contributed by atoms with Crippen molar-refractivity contribution in [1.82, 2.24) is 4.90 Å². The summed E-state index contributed by atoms with van der Waals surface area (Å²) in [7, 11) is 0. The minimum Gasteiger partial charge on any atom is -0.444 e. The number of carbonyl (C=O) groups excluding carboxylic acids is 1. The summed E-state index contributed by atoms with van der Waals surface area (Å²) in [5, 5.41) is 0. The minimum absolute atomic E-state index is 0.209. The van der Waals surface area contributed by atoms with Crippen molar-refractivity contribution in [2.24, 2.45) is 5.92 Å². The van der Waals surface area contributed by atoms with Gasteiger partial charge in [-0.1, -0.05) is 0 Å². The zero-order valence-electron chi connectivity index (χ0n) is 9.75. The second-order valence-electron chi connectivity index (χ2n) is 4.99. The molecular formula is C12H19NO2. The van der Waals surface area contributed by atoms with Crippen LogP contribution in [0.25, 0.3) is 0 Å². The van der Waals surface area contributed by atoms with E-state index in [9.17, 15) is 4.79 Å². The highest BCUT2D eigenvalue weighted by Gasteiger charge is 2.32. The molecule has 0 saturated carbocycles. The van der Waals surface area contributed by atoms with Gasteiger partial charge in [-0.05, 0) is 33.1 Å². The van der Waals surface area contributed by atoms with Gasteiger partial charge < -0.3 is 9.64 Å². The van der Waals surface area contributed by atoms with Crippen LogP contribution in [0.15, 0.2) is 0 Å². The molecule has 1 saturated heterocycles. The summed E-state index contributed by atoms with van der Waals surface area (Å²) in [5.41, 5.74) is -0.402. The van der Waals surface area contributed by atoms with E-state index in [-0.39, 0.29) is 6.09 Å². The third-order valence-corrected chi connectivity index (χ3v) is 2.31. The van der Waals surface area contributed by atoms with E-state index < -0.39 is 5.60 Å².